The number of rotatable bonds is 5. The quantitative estimate of drug-likeness (QED) is 0.690. The molecule has 0 aliphatic carbocycles. The molecule has 14 heavy (non-hydrogen) atoms. The summed E-state index contributed by atoms with van der Waals surface area (Å²) in [6, 6.07) is 1.23. The van der Waals surface area contributed by atoms with Crippen molar-refractivity contribution in [2.45, 2.75) is 44.7 Å². The van der Waals surface area contributed by atoms with Gasteiger partial charge in [-0.3, -0.25) is 4.90 Å². The first-order valence-corrected chi connectivity index (χ1v) is 5.81. The zero-order valence-corrected chi connectivity index (χ0v) is 9.50. The highest BCUT2D eigenvalue weighted by Gasteiger charge is 2.25. The van der Waals surface area contributed by atoms with Gasteiger partial charge in [-0.05, 0) is 39.8 Å². The SMILES string of the molecule is CNC(C)C1CCCCN1CCCO. The summed E-state index contributed by atoms with van der Waals surface area (Å²) in [4.78, 5) is 2.53. The van der Waals surface area contributed by atoms with Crippen LogP contribution in [0.5, 0.6) is 0 Å². The van der Waals surface area contributed by atoms with E-state index in [1.165, 1.54) is 25.8 Å². The first kappa shape index (κ1) is 12.0. The molecule has 2 N–H and O–H groups in total. The molecule has 1 saturated heterocycles. The summed E-state index contributed by atoms with van der Waals surface area (Å²) in [6.45, 7) is 4.82. The number of aliphatic hydroxyl groups is 1. The van der Waals surface area contributed by atoms with Crippen molar-refractivity contribution in [1.82, 2.24) is 10.2 Å². The predicted molar refractivity (Wildman–Crippen MR) is 59.4 cm³/mol. The van der Waals surface area contributed by atoms with Crippen molar-refractivity contribution < 1.29 is 5.11 Å². The minimum atomic E-state index is 0.317. The Bertz CT molecular complexity index is 152. The van der Waals surface area contributed by atoms with Crippen LogP contribution < -0.4 is 5.32 Å². The number of aliphatic hydroxyl groups excluding tert-OH is 1. The maximum atomic E-state index is 8.84. The van der Waals surface area contributed by atoms with Gasteiger partial charge in [-0.2, -0.15) is 0 Å². The van der Waals surface area contributed by atoms with Crippen molar-refractivity contribution in [2.75, 3.05) is 26.7 Å². The van der Waals surface area contributed by atoms with E-state index in [1.807, 2.05) is 7.05 Å². The van der Waals surface area contributed by atoms with Crippen LogP contribution in [0.4, 0.5) is 0 Å². The second-order valence-corrected chi connectivity index (χ2v) is 4.25. The highest BCUT2D eigenvalue weighted by molar-refractivity contribution is 4.84. The summed E-state index contributed by atoms with van der Waals surface area (Å²) in [5.41, 5.74) is 0. The van der Waals surface area contributed by atoms with E-state index in [2.05, 4.69) is 17.1 Å². The molecule has 0 spiro atoms. The molecule has 1 heterocycles. The maximum absolute atomic E-state index is 8.84. The molecule has 0 saturated carbocycles. The average Bonchev–Trinajstić information content (AvgIpc) is 2.25. The molecule has 1 fully saturated rings. The first-order chi connectivity index (χ1) is 6.79. The molecule has 2 unspecified atom stereocenters. The third kappa shape index (κ3) is 3.23. The Morgan fingerprint density at radius 1 is 1.50 bits per heavy atom. The molecule has 3 nitrogen and oxygen atoms in total. The van der Waals surface area contributed by atoms with Gasteiger partial charge in [0.25, 0.3) is 0 Å². The van der Waals surface area contributed by atoms with Crippen molar-refractivity contribution in [3.05, 3.63) is 0 Å². The van der Waals surface area contributed by atoms with Crippen LogP contribution in [-0.4, -0.2) is 48.8 Å². The number of nitrogens with one attached hydrogen (secondary N) is 1. The Hall–Kier alpha value is -0.120. The second-order valence-electron chi connectivity index (χ2n) is 4.25. The Kier molecular flexibility index (Phi) is 5.45. The van der Waals surface area contributed by atoms with Crippen LogP contribution in [0, 0.1) is 0 Å². The molecule has 3 heteroatoms. The summed E-state index contributed by atoms with van der Waals surface area (Å²) in [5.74, 6) is 0. The molecule has 0 aromatic heterocycles. The van der Waals surface area contributed by atoms with Crippen LogP contribution >= 0.6 is 0 Å². The highest BCUT2D eigenvalue weighted by atomic mass is 16.3. The lowest BCUT2D eigenvalue weighted by atomic mass is 9.96. The van der Waals surface area contributed by atoms with E-state index in [1.54, 1.807) is 0 Å². The third-order valence-corrected chi connectivity index (χ3v) is 3.30. The minimum Gasteiger partial charge on any atom is -0.396 e. The van der Waals surface area contributed by atoms with Crippen molar-refractivity contribution >= 4 is 0 Å². The van der Waals surface area contributed by atoms with Gasteiger partial charge in [0, 0.05) is 25.2 Å². The largest absolute Gasteiger partial charge is 0.396 e. The zero-order chi connectivity index (χ0) is 10.4. The van der Waals surface area contributed by atoms with Crippen LogP contribution in [-0.2, 0) is 0 Å². The topological polar surface area (TPSA) is 35.5 Å². The molecule has 1 aliphatic heterocycles. The van der Waals surface area contributed by atoms with Gasteiger partial charge in [0.1, 0.15) is 0 Å². The Labute approximate surface area is 87.5 Å². The Morgan fingerprint density at radius 2 is 2.29 bits per heavy atom. The van der Waals surface area contributed by atoms with Gasteiger partial charge in [0.2, 0.25) is 0 Å². The Balaban J connectivity index is 2.41. The van der Waals surface area contributed by atoms with Gasteiger partial charge in [-0.1, -0.05) is 6.42 Å². The maximum Gasteiger partial charge on any atom is 0.0443 e. The van der Waals surface area contributed by atoms with Crippen molar-refractivity contribution in [1.29, 1.82) is 0 Å². The normalized spacial score (nSPS) is 26.4. The van der Waals surface area contributed by atoms with Crippen molar-refractivity contribution in [3.63, 3.8) is 0 Å². The summed E-state index contributed by atoms with van der Waals surface area (Å²) in [6.07, 6.45) is 4.88. The second kappa shape index (κ2) is 6.38. The van der Waals surface area contributed by atoms with E-state index in [0.29, 0.717) is 18.7 Å². The highest BCUT2D eigenvalue weighted by Crippen LogP contribution is 2.19. The van der Waals surface area contributed by atoms with Gasteiger partial charge in [-0.25, -0.2) is 0 Å². The lowest BCUT2D eigenvalue weighted by Gasteiger charge is -2.39. The summed E-state index contributed by atoms with van der Waals surface area (Å²) >= 11 is 0. The van der Waals surface area contributed by atoms with Crippen molar-refractivity contribution in [3.8, 4) is 0 Å². The molecule has 0 aromatic rings. The van der Waals surface area contributed by atoms with Crippen LogP contribution in [0.2, 0.25) is 0 Å². The number of nitrogens with zero attached hydrogens (tertiary/aromatic N) is 1. The van der Waals surface area contributed by atoms with E-state index in [9.17, 15) is 0 Å². The average molecular weight is 200 g/mol. The fourth-order valence-electron chi connectivity index (χ4n) is 2.33. The number of piperidine rings is 1. The minimum absolute atomic E-state index is 0.317. The lowest BCUT2D eigenvalue weighted by molar-refractivity contribution is 0.112. The predicted octanol–water partition coefficient (Wildman–Crippen LogP) is 0.831. The molecule has 1 rings (SSSR count). The van der Waals surface area contributed by atoms with E-state index < -0.39 is 0 Å². The number of hydrogen-bond acceptors (Lipinski definition) is 3. The van der Waals surface area contributed by atoms with Crippen LogP contribution in [0.25, 0.3) is 0 Å². The number of likely N-dealkylation sites (tertiary alicyclic amines) is 1. The Morgan fingerprint density at radius 3 is 2.93 bits per heavy atom. The van der Waals surface area contributed by atoms with Gasteiger partial charge < -0.3 is 10.4 Å². The monoisotopic (exact) mass is 200 g/mol. The zero-order valence-electron chi connectivity index (χ0n) is 9.50. The number of hydrogen-bond donors (Lipinski definition) is 2. The van der Waals surface area contributed by atoms with Crippen molar-refractivity contribution in [2.24, 2.45) is 0 Å². The molecular weight excluding hydrogens is 176 g/mol. The summed E-state index contributed by atoms with van der Waals surface area (Å²) in [5, 5.41) is 12.2. The van der Waals surface area contributed by atoms with E-state index in [0.717, 1.165) is 13.0 Å². The molecular formula is C11H24N2O. The molecule has 0 aromatic carbocycles. The molecule has 1 aliphatic rings. The van der Waals surface area contributed by atoms with Crippen LogP contribution in [0.1, 0.15) is 32.6 Å². The molecule has 0 amide bonds. The molecule has 0 radical (unpaired) electrons. The van der Waals surface area contributed by atoms with Crippen LogP contribution in [0.15, 0.2) is 0 Å². The molecule has 0 bridgehead atoms. The van der Waals surface area contributed by atoms with E-state index >= 15 is 0 Å². The van der Waals surface area contributed by atoms with E-state index in [4.69, 9.17) is 5.11 Å². The summed E-state index contributed by atoms with van der Waals surface area (Å²) in [7, 11) is 2.03. The lowest BCUT2D eigenvalue weighted by Crippen LogP contribution is -2.50. The van der Waals surface area contributed by atoms with E-state index in [-0.39, 0.29) is 0 Å². The van der Waals surface area contributed by atoms with Gasteiger partial charge >= 0.3 is 0 Å². The molecule has 84 valence electrons. The third-order valence-electron chi connectivity index (χ3n) is 3.30. The molecule has 2 atom stereocenters. The van der Waals surface area contributed by atoms with Gasteiger partial charge in [0.05, 0.1) is 0 Å². The standard InChI is InChI=1S/C11H24N2O/c1-10(12-2)11-6-3-4-7-13(11)8-5-9-14/h10-12,14H,3-9H2,1-2H3. The van der Waals surface area contributed by atoms with Gasteiger partial charge in [0.15, 0.2) is 0 Å². The van der Waals surface area contributed by atoms with Crippen LogP contribution in [0.3, 0.4) is 0 Å². The first-order valence-electron chi connectivity index (χ1n) is 5.81. The fraction of sp³-hybridized carbons (Fsp3) is 1.00. The summed E-state index contributed by atoms with van der Waals surface area (Å²) < 4.78 is 0. The number of likely N-dealkylation sites (N-methyl/N-ethyl adjacent to an activating group) is 1. The van der Waals surface area contributed by atoms with Gasteiger partial charge in [-0.15, -0.1) is 0 Å². The fourth-order valence-corrected chi connectivity index (χ4v) is 2.33. The smallest absolute Gasteiger partial charge is 0.0443 e.